The number of amides is 2. The molecule has 128 valence electrons. The molecule has 2 heterocycles. The number of ether oxygens (including phenoxy) is 2. The van der Waals surface area contributed by atoms with E-state index in [0.717, 1.165) is 34.7 Å². The number of hydrogen-bond donors (Lipinski definition) is 1. The van der Waals surface area contributed by atoms with Gasteiger partial charge in [0.1, 0.15) is 17.6 Å². The minimum absolute atomic E-state index is 0.143. The van der Waals surface area contributed by atoms with Crippen molar-refractivity contribution in [3.05, 3.63) is 53.6 Å². The van der Waals surface area contributed by atoms with Crippen LogP contribution in [0.2, 0.25) is 0 Å². The second-order valence-corrected chi connectivity index (χ2v) is 6.23. The molecule has 2 aliphatic heterocycles. The molecule has 25 heavy (non-hydrogen) atoms. The Morgan fingerprint density at radius 3 is 2.84 bits per heavy atom. The first-order chi connectivity index (χ1) is 12.1. The number of para-hydroxylation sites is 1. The van der Waals surface area contributed by atoms with Gasteiger partial charge in [0.2, 0.25) is 5.91 Å². The summed E-state index contributed by atoms with van der Waals surface area (Å²) in [6, 6.07) is 13.7. The topological polar surface area (TPSA) is 67.9 Å². The van der Waals surface area contributed by atoms with Crippen LogP contribution in [0.4, 0.5) is 10.5 Å². The highest BCUT2D eigenvalue weighted by Crippen LogP contribution is 2.38. The quantitative estimate of drug-likeness (QED) is 0.797. The number of anilines is 1. The summed E-state index contributed by atoms with van der Waals surface area (Å²) < 4.78 is 11.3. The Morgan fingerprint density at radius 2 is 2.00 bits per heavy atom. The van der Waals surface area contributed by atoms with Crippen molar-refractivity contribution < 1.29 is 19.1 Å². The van der Waals surface area contributed by atoms with Crippen LogP contribution in [-0.2, 0) is 16.0 Å². The van der Waals surface area contributed by atoms with Gasteiger partial charge in [-0.25, -0.2) is 4.79 Å². The number of carbonyl (C=O) groups is 2. The van der Waals surface area contributed by atoms with E-state index in [-0.39, 0.29) is 12.0 Å². The van der Waals surface area contributed by atoms with Crippen LogP contribution in [0.1, 0.15) is 18.1 Å². The molecule has 1 atom stereocenters. The fourth-order valence-corrected chi connectivity index (χ4v) is 3.12. The van der Waals surface area contributed by atoms with Gasteiger partial charge in [0.15, 0.2) is 0 Å². The van der Waals surface area contributed by atoms with Crippen LogP contribution in [0.25, 0.3) is 0 Å². The molecular weight excluding hydrogens is 320 g/mol. The van der Waals surface area contributed by atoms with E-state index in [9.17, 15) is 9.59 Å². The van der Waals surface area contributed by atoms with Crippen LogP contribution in [0.5, 0.6) is 11.5 Å². The SMILES string of the molecule is CC(=O)NC[C@H]1CN(c2ccc3c(c2)Oc2ccccc2C3)C(=O)O1. The highest BCUT2D eigenvalue weighted by Gasteiger charge is 2.33. The summed E-state index contributed by atoms with van der Waals surface area (Å²) in [4.78, 5) is 24.7. The Bertz CT molecular complexity index is 849. The van der Waals surface area contributed by atoms with Crippen LogP contribution in [0.15, 0.2) is 42.5 Å². The highest BCUT2D eigenvalue weighted by molar-refractivity contribution is 5.90. The number of benzene rings is 2. The van der Waals surface area contributed by atoms with Gasteiger partial charge in [-0.1, -0.05) is 24.3 Å². The summed E-state index contributed by atoms with van der Waals surface area (Å²) in [6.07, 6.45) is 0.0436. The zero-order chi connectivity index (χ0) is 17.4. The third-order valence-corrected chi connectivity index (χ3v) is 4.39. The Labute approximate surface area is 145 Å². The van der Waals surface area contributed by atoms with Gasteiger partial charge in [0.25, 0.3) is 0 Å². The van der Waals surface area contributed by atoms with Crippen molar-refractivity contribution in [1.82, 2.24) is 5.32 Å². The van der Waals surface area contributed by atoms with Gasteiger partial charge in [-0.3, -0.25) is 9.69 Å². The van der Waals surface area contributed by atoms with Crippen LogP contribution in [-0.4, -0.2) is 31.2 Å². The third-order valence-electron chi connectivity index (χ3n) is 4.39. The third kappa shape index (κ3) is 3.03. The van der Waals surface area contributed by atoms with Gasteiger partial charge in [-0.15, -0.1) is 0 Å². The largest absolute Gasteiger partial charge is 0.457 e. The lowest BCUT2D eigenvalue weighted by molar-refractivity contribution is -0.119. The second kappa shape index (κ2) is 6.12. The average molecular weight is 338 g/mol. The Hall–Kier alpha value is -3.02. The molecular formula is C19H18N2O4. The maximum atomic E-state index is 12.1. The molecule has 6 nitrogen and oxygen atoms in total. The van der Waals surface area contributed by atoms with Crippen LogP contribution in [0.3, 0.4) is 0 Å². The summed E-state index contributed by atoms with van der Waals surface area (Å²) >= 11 is 0. The van der Waals surface area contributed by atoms with E-state index in [1.165, 1.54) is 6.92 Å². The summed E-state index contributed by atoms with van der Waals surface area (Å²) in [5.74, 6) is 1.46. The van der Waals surface area contributed by atoms with E-state index >= 15 is 0 Å². The van der Waals surface area contributed by atoms with Crippen molar-refractivity contribution in [3.8, 4) is 11.5 Å². The van der Waals surface area contributed by atoms with Gasteiger partial charge < -0.3 is 14.8 Å². The Morgan fingerprint density at radius 1 is 1.20 bits per heavy atom. The average Bonchev–Trinajstić information content (AvgIpc) is 2.98. The van der Waals surface area contributed by atoms with Gasteiger partial charge in [-0.2, -0.15) is 0 Å². The lowest BCUT2D eigenvalue weighted by Crippen LogP contribution is -2.33. The fourth-order valence-electron chi connectivity index (χ4n) is 3.12. The Balaban J connectivity index is 1.53. The van der Waals surface area contributed by atoms with E-state index in [0.29, 0.717) is 13.1 Å². The molecule has 0 saturated carbocycles. The lowest BCUT2D eigenvalue weighted by Gasteiger charge is -2.22. The molecule has 6 heteroatoms. The summed E-state index contributed by atoms with van der Waals surface area (Å²) in [7, 11) is 0. The van der Waals surface area contributed by atoms with Crippen molar-refractivity contribution >= 4 is 17.7 Å². The van der Waals surface area contributed by atoms with Gasteiger partial charge in [0, 0.05) is 19.4 Å². The monoisotopic (exact) mass is 338 g/mol. The number of nitrogens with one attached hydrogen (secondary N) is 1. The molecule has 2 amide bonds. The molecule has 0 aliphatic carbocycles. The first-order valence-electron chi connectivity index (χ1n) is 8.21. The van der Waals surface area contributed by atoms with Crippen LogP contribution in [0, 0.1) is 0 Å². The molecule has 0 spiro atoms. The highest BCUT2D eigenvalue weighted by atomic mass is 16.6. The van der Waals surface area contributed by atoms with E-state index in [2.05, 4.69) is 11.4 Å². The number of hydrogen-bond acceptors (Lipinski definition) is 4. The van der Waals surface area contributed by atoms with E-state index in [4.69, 9.17) is 9.47 Å². The maximum absolute atomic E-state index is 12.1. The summed E-state index contributed by atoms with van der Waals surface area (Å²) in [5.41, 5.74) is 2.97. The van der Waals surface area contributed by atoms with Crippen molar-refractivity contribution in [2.75, 3.05) is 18.0 Å². The van der Waals surface area contributed by atoms with Crippen molar-refractivity contribution in [3.63, 3.8) is 0 Å². The number of cyclic esters (lactones) is 1. The normalized spacial score (nSPS) is 18.0. The zero-order valence-corrected chi connectivity index (χ0v) is 13.8. The van der Waals surface area contributed by atoms with Crippen molar-refractivity contribution in [2.24, 2.45) is 0 Å². The molecule has 0 radical (unpaired) electrons. The van der Waals surface area contributed by atoms with E-state index in [1.807, 2.05) is 36.4 Å². The summed E-state index contributed by atoms with van der Waals surface area (Å²) in [6.45, 7) is 2.15. The molecule has 0 aromatic heterocycles. The van der Waals surface area contributed by atoms with Crippen molar-refractivity contribution in [1.29, 1.82) is 0 Å². The Kier molecular flexibility index (Phi) is 3.80. The smallest absolute Gasteiger partial charge is 0.414 e. The molecule has 1 N–H and O–H groups in total. The van der Waals surface area contributed by atoms with Crippen molar-refractivity contribution in [2.45, 2.75) is 19.4 Å². The predicted molar refractivity (Wildman–Crippen MR) is 92.1 cm³/mol. The number of carbonyl (C=O) groups excluding carboxylic acids is 2. The molecule has 2 aromatic carbocycles. The molecule has 1 saturated heterocycles. The number of rotatable bonds is 3. The van der Waals surface area contributed by atoms with Gasteiger partial charge in [-0.05, 0) is 23.3 Å². The van der Waals surface area contributed by atoms with Gasteiger partial charge in [0.05, 0.1) is 18.8 Å². The van der Waals surface area contributed by atoms with E-state index in [1.54, 1.807) is 4.90 Å². The van der Waals surface area contributed by atoms with Gasteiger partial charge >= 0.3 is 6.09 Å². The first-order valence-corrected chi connectivity index (χ1v) is 8.21. The minimum atomic E-state index is -0.411. The summed E-state index contributed by atoms with van der Waals surface area (Å²) in [5, 5.41) is 2.67. The molecule has 2 aromatic rings. The molecule has 0 unspecified atom stereocenters. The molecule has 2 aliphatic rings. The number of fused-ring (bicyclic) bond motifs is 2. The van der Waals surface area contributed by atoms with Crippen LogP contribution >= 0.6 is 0 Å². The fraction of sp³-hybridized carbons (Fsp3) is 0.263. The predicted octanol–water partition coefficient (Wildman–Crippen LogP) is 2.84. The molecule has 0 bridgehead atoms. The van der Waals surface area contributed by atoms with Crippen LogP contribution < -0.4 is 15.0 Å². The maximum Gasteiger partial charge on any atom is 0.414 e. The molecule has 4 rings (SSSR count). The van der Waals surface area contributed by atoms with E-state index < -0.39 is 6.09 Å². The second-order valence-electron chi connectivity index (χ2n) is 6.23. The lowest BCUT2D eigenvalue weighted by atomic mass is 10.00. The number of nitrogens with zero attached hydrogens (tertiary/aromatic N) is 1. The zero-order valence-electron chi connectivity index (χ0n) is 13.8. The molecule has 1 fully saturated rings. The first kappa shape index (κ1) is 15.5. The minimum Gasteiger partial charge on any atom is -0.457 e. The standard InChI is InChI=1S/C19H18N2O4/c1-12(22)20-10-16-11-21(19(23)24-16)15-7-6-14-8-13-4-2-3-5-17(13)25-18(14)9-15/h2-7,9,16H,8,10-11H2,1H3,(H,20,22)/t16-/m0/s1.